The fourth-order valence-electron chi connectivity index (χ4n) is 4.53. The number of carbonyl (C=O) groups excluding carboxylic acids is 1. The Labute approximate surface area is 119 Å². The number of fused-ring (bicyclic) bond motifs is 1. The largest absolute Gasteiger partial charge is 0.481 e. The molecule has 0 spiro atoms. The van der Waals surface area contributed by atoms with Crippen molar-refractivity contribution in [1.82, 2.24) is 0 Å². The molecule has 0 bridgehead atoms. The second-order valence-electron chi connectivity index (χ2n) is 6.69. The maximum Gasteiger partial charge on any atom is 0.303 e. The Morgan fingerprint density at radius 1 is 1.50 bits per heavy atom. The second kappa shape index (κ2) is 5.32. The van der Waals surface area contributed by atoms with Gasteiger partial charge in [-0.15, -0.1) is 0 Å². The van der Waals surface area contributed by atoms with Crippen molar-refractivity contribution in [2.24, 2.45) is 22.7 Å². The molecule has 0 aromatic carbocycles. The van der Waals surface area contributed by atoms with E-state index < -0.39 is 11.4 Å². The topological polar surface area (TPSA) is 74.6 Å². The highest BCUT2D eigenvalue weighted by molar-refractivity contribution is 5.70. The molecule has 0 saturated heterocycles. The maximum absolute atomic E-state index is 11.9. The van der Waals surface area contributed by atoms with Crippen LogP contribution in [0.25, 0.3) is 0 Å². The van der Waals surface area contributed by atoms with Crippen molar-refractivity contribution in [3.8, 4) is 0 Å². The molecular weight excluding hydrogens is 256 g/mol. The van der Waals surface area contributed by atoms with Gasteiger partial charge >= 0.3 is 5.97 Å². The van der Waals surface area contributed by atoms with Crippen LogP contribution in [-0.2, 0) is 9.59 Å². The second-order valence-corrected chi connectivity index (χ2v) is 6.69. The van der Waals surface area contributed by atoms with Gasteiger partial charge in [0.05, 0.1) is 18.4 Å². The van der Waals surface area contributed by atoms with Crippen LogP contribution >= 0.6 is 0 Å². The first-order valence-corrected chi connectivity index (χ1v) is 7.39. The molecule has 0 amide bonds. The lowest BCUT2D eigenvalue weighted by Gasteiger charge is -2.56. The molecular formula is C16H24O4. The molecule has 2 aliphatic rings. The summed E-state index contributed by atoms with van der Waals surface area (Å²) in [5.74, 6) is -0.518. The van der Waals surface area contributed by atoms with Gasteiger partial charge in [-0.25, -0.2) is 0 Å². The zero-order valence-corrected chi connectivity index (χ0v) is 12.3. The predicted octanol–water partition coefficient (Wildman–Crippen LogP) is 2.41. The van der Waals surface area contributed by atoms with Gasteiger partial charge in [-0.2, -0.15) is 0 Å². The van der Waals surface area contributed by atoms with Crippen molar-refractivity contribution in [3.05, 3.63) is 11.6 Å². The highest BCUT2D eigenvalue weighted by Gasteiger charge is 2.56. The molecule has 112 valence electrons. The van der Waals surface area contributed by atoms with E-state index in [0.29, 0.717) is 0 Å². The molecule has 0 aromatic heterocycles. The fourth-order valence-corrected chi connectivity index (χ4v) is 4.53. The van der Waals surface area contributed by atoms with Crippen molar-refractivity contribution in [2.75, 3.05) is 6.61 Å². The zero-order chi connectivity index (χ0) is 15.0. The van der Waals surface area contributed by atoms with Crippen LogP contribution in [0.2, 0.25) is 0 Å². The van der Waals surface area contributed by atoms with Crippen LogP contribution in [0, 0.1) is 22.7 Å². The third-order valence-corrected chi connectivity index (χ3v) is 5.89. The highest BCUT2D eigenvalue weighted by atomic mass is 16.4. The van der Waals surface area contributed by atoms with Crippen LogP contribution in [0.1, 0.15) is 46.0 Å². The van der Waals surface area contributed by atoms with Gasteiger partial charge in [-0.05, 0) is 48.5 Å². The van der Waals surface area contributed by atoms with E-state index in [4.69, 9.17) is 0 Å². The van der Waals surface area contributed by atoms with E-state index >= 15 is 0 Å². The Hall–Kier alpha value is -1.16. The lowest BCUT2D eigenvalue weighted by molar-refractivity contribution is -0.149. The molecule has 0 aromatic rings. The smallest absolute Gasteiger partial charge is 0.303 e. The number of aliphatic hydroxyl groups excluding tert-OH is 1. The average molecular weight is 280 g/mol. The predicted molar refractivity (Wildman–Crippen MR) is 75.1 cm³/mol. The Morgan fingerprint density at radius 2 is 2.20 bits per heavy atom. The highest BCUT2D eigenvalue weighted by Crippen LogP contribution is 2.60. The van der Waals surface area contributed by atoms with Gasteiger partial charge < -0.3 is 15.0 Å². The molecule has 4 nitrogen and oxygen atoms in total. The van der Waals surface area contributed by atoms with Crippen molar-refractivity contribution < 1.29 is 19.8 Å². The third-order valence-electron chi connectivity index (χ3n) is 5.89. The first-order chi connectivity index (χ1) is 9.40. The summed E-state index contributed by atoms with van der Waals surface area (Å²) in [6.45, 7) is 4.00. The number of allylic oxidation sites excluding steroid dienone is 1. The van der Waals surface area contributed by atoms with Gasteiger partial charge in [0.25, 0.3) is 0 Å². The zero-order valence-electron chi connectivity index (χ0n) is 12.3. The molecule has 0 heterocycles. The molecule has 4 heteroatoms. The molecule has 2 aliphatic carbocycles. The van der Waals surface area contributed by atoms with Crippen molar-refractivity contribution in [3.63, 3.8) is 0 Å². The molecule has 20 heavy (non-hydrogen) atoms. The van der Waals surface area contributed by atoms with E-state index in [2.05, 4.69) is 6.92 Å². The summed E-state index contributed by atoms with van der Waals surface area (Å²) in [4.78, 5) is 23.2. The molecule has 0 radical (unpaired) electrons. The van der Waals surface area contributed by atoms with Gasteiger partial charge in [0.1, 0.15) is 6.29 Å². The SMILES string of the molecule is C[C@H]1CC[C@@]2(C=O)C(CO)=CCC[C@@H]2[C@@]1(C)CC(=O)O. The van der Waals surface area contributed by atoms with Crippen molar-refractivity contribution in [2.45, 2.75) is 46.0 Å². The first kappa shape index (κ1) is 15.2. The summed E-state index contributed by atoms with van der Waals surface area (Å²) in [7, 11) is 0. The Bertz CT molecular complexity index is 442. The number of aliphatic carboxylic acids is 1. The quantitative estimate of drug-likeness (QED) is 0.612. The van der Waals surface area contributed by atoms with Crippen molar-refractivity contribution in [1.29, 1.82) is 0 Å². The van der Waals surface area contributed by atoms with Crippen LogP contribution in [0.3, 0.4) is 0 Å². The van der Waals surface area contributed by atoms with Crippen LogP contribution in [0.4, 0.5) is 0 Å². The summed E-state index contributed by atoms with van der Waals surface area (Å²) in [6, 6.07) is 0. The Morgan fingerprint density at radius 3 is 2.75 bits per heavy atom. The summed E-state index contributed by atoms with van der Waals surface area (Å²) in [5.41, 5.74) is -0.240. The summed E-state index contributed by atoms with van der Waals surface area (Å²) >= 11 is 0. The molecule has 0 aliphatic heterocycles. The van der Waals surface area contributed by atoms with Gasteiger partial charge in [0, 0.05) is 0 Å². The number of carbonyl (C=O) groups is 2. The van der Waals surface area contributed by atoms with E-state index in [0.717, 1.165) is 37.5 Å². The fraction of sp³-hybridized carbons (Fsp3) is 0.750. The normalized spacial score (nSPS) is 40.6. The summed E-state index contributed by atoms with van der Waals surface area (Å²) in [6.07, 6.45) is 6.24. The minimum absolute atomic E-state index is 0.0134. The Balaban J connectivity index is 2.48. The van der Waals surface area contributed by atoms with Crippen LogP contribution in [0.15, 0.2) is 11.6 Å². The monoisotopic (exact) mass is 280 g/mol. The number of hydrogen-bond acceptors (Lipinski definition) is 3. The molecule has 4 atom stereocenters. The van der Waals surface area contributed by atoms with Crippen LogP contribution in [0.5, 0.6) is 0 Å². The number of rotatable bonds is 4. The number of aldehydes is 1. The molecule has 2 N–H and O–H groups in total. The molecule has 0 unspecified atom stereocenters. The average Bonchev–Trinajstić information content (AvgIpc) is 2.42. The van der Waals surface area contributed by atoms with Crippen LogP contribution < -0.4 is 0 Å². The van der Waals surface area contributed by atoms with Crippen LogP contribution in [-0.4, -0.2) is 29.1 Å². The van der Waals surface area contributed by atoms with E-state index in [1.54, 1.807) is 0 Å². The minimum atomic E-state index is -0.804. The number of carboxylic acid groups (broad SMARTS) is 1. The van der Waals surface area contributed by atoms with Gasteiger partial charge in [0.15, 0.2) is 0 Å². The molecule has 2 rings (SSSR count). The number of hydrogen-bond donors (Lipinski definition) is 2. The minimum Gasteiger partial charge on any atom is -0.481 e. The lowest BCUT2D eigenvalue weighted by Crippen LogP contribution is -2.53. The van der Waals surface area contributed by atoms with E-state index in [1.807, 2.05) is 13.0 Å². The van der Waals surface area contributed by atoms with Gasteiger partial charge in [0.2, 0.25) is 0 Å². The van der Waals surface area contributed by atoms with Gasteiger partial charge in [-0.1, -0.05) is 19.9 Å². The summed E-state index contributed by atoms with van der Waals surface area (Å²) < 4.78 is 0. The van der Waals surface area contributed by atoms with E-state index in [1.165, 1.54) is 0 Å². The van der Waals surface area contributed by atoms with Gasteiger partial charge in [-0.3, -0.25) is 4.79 Å². The standard InChI is InChI=1S/C16H24O4/c1-11-6-7-16(10-18)12(9-17)4-3-5-13(16)15(11,2)8-14(19)20/h4,10-11,13,17H,3,5-9H2,1-2H3,(H,19,20)/t11-,13+,15-,16+/m0/s1. The van der Waals surface area contributed by atoms with Crippen molar-refractivity contribution >= 4 is 12.3 Å². The molecule has 1 saturated carbocycles. The first-order valence-electron chi connectivity index (χ1n) is 7.39. The number of aliphatic hydroxyl groups is 1. The lowest BCUT2D eigenvalue weighted by atomic mass is 9.47. The van der Waals surface area contributed by atoms with E-state index in [9.17, 15) is 19.8 Å². The van der Waals surface area contributed by atoms with E-state index in [-0.39, 0.29) is 30.3 Å². The maximum atomic E-state index is 11.9. The Kier molecular flexibility index (Phi) is 4.05. The summed E-state index contributed by atoms with van der Waals surface area (Å²) in [5, 5.41) is 18.9. The molecule has 1 fully saturated rings. The number of carboxylic acids is 1. The third kappa shape index (κ3) is 2.10.